The van der Waals surface area contributed by atoms with Crippen molar-refractivity contribution in [3.05, 3.63) is 16.4 Å². The third-order valence-electron chi connectivity index (χ3n) is 4.08. The van der Waals surface area contributed by atoms with Crippen molar-refractivity contribution in [3.63, 3.8) is 0 Å². The van der Waals surface area contributed by atoms with Gasteiger partial charge in [0.05, 0.1) is 16.4 Å². The minimum Gasteiger partial charge on any atom is -0.330 e. The van der Waals surface area contributed by atoms with E-state index in [0.29, 0.717) is 11.8 Å². The van der Waals surface area contributed by atoms with E-state index < -0.39 is 0 Å². The molecule has 17 heavy (non-hydrogen) atoms. The topological polar surface area (TPSA) is 43.8 Å². The second-order valence-electron chi connectivity index (χ2n) is 5.08. The molecule has 96 valence electrons. The van der Waals surface area contributed by atoms with Gasteiger partial charge in [0.1, 0.15) is 0 Å². The Morgan fingerprint density at radius 2 is 2.12 bits per heavy atom. The molecule has 0 radical (unpaired) electrons. The molecule has 0 saturated heterocycles. The Labute approximate surface area is 108 Å². The molecule has 1 saturated carbocycles. The second kappa shape index (κ2) is 5.40. The highest BCUT2D eigenvalue weighted by Gasteiger charge is 2.28. The minimum absolute atomic E-state index is 0.672. The fourth-order valence-corrected chi connectivity index (χ4v) is 3.35. The summed E-state index contributed by atoms with van der Waals surface area (Å²) < 4.78 is 1.95. The molecule has 0 spiro atoms. The van der Waals surface area contributed by atoms with Gasteiger partial charge in [0, 0.05) is 7.05 Å². The molecule has 2 atom stereocenters. The largest absolute Gasteiger partial charge is 0.330 e. The van der Waals surface area contributed by atoms with Gasteiger partial charge in [-0.3, -0.25) is 4.68 Å². The van der Waals surface area contributed by atoms with Gasteiger partial charge in [0.15, 0.2) is 0 Å². The molecule has 2 rings (SSSR count). The first-order chi connectivity index (χ1) is 8.17. The van der Waals surface area contributed by atoms with Crippen LogP contribution in [0.1, 0.15) is 37.6 Å². The Kier molecular flexibility index (Phi) is 4.10. The molecule has 1 fully saturated rings. The van der Waals surface area contributed by atoms with Gasteiger partial charge < -0.3 is 5.73 Å². The lowest BCUT2D eigenvalue weighted by Gasteiger charge is -2.17. The normalized spacial score (nSPS) is 24.5. The highest BCUT2D eigenvalue weighted by atomic mass is 35.5. The number of nitrogens with zero attached hydrogens (tertiary/aromatic N) is 2. The van der Waals surface area contributed by atoms with Crippen molar-refractivity contribution >= 4 is 11.6 Å². The molecule has 2 N–H and O–H groups in total. The van der Waals surface area contributed by atoms with Gasteiger partial charge in [0.2, 0.25) is 0 Å². The zero-order valence-electron chi connectivity index (χ0n) is 10.7. The highest BCUT2D eigenvalue weighted by molar-refractivity contribution is 6.31. The fourth-order valence-electron chi connectivity index (χ4n) is 2.98. The lowest BCUT2D eigenvalue weighted by Crippen LogP contribution is -2.21. The van der Waals surface area contributed by atoms with Gasteiger partial charge in [-0.25, -0.2) is 0 Å². The van der Waals surface area contributed by atoms with E-state index >= 15 is 0 Å². The first-order valence-corrected chi connectivity index (χ1v) is 6.95. The van der Waals surface area contributed by atoms with Gasteiger partial charge in [-0.1, -0.05) is 24.9 Å². The van der Waals surface area contributed by atoms with E-state index in [2.05, 4.69) is 12.0 Å². The first kappa shape index (κ1) is 12.9. The number of halogens is 1. The maximum absolute atomic E-state index is 6.38. The molecule has 0 aliphatic heterocycles. The van der Waals surface area contributed by atoms with E-state index in [1.54, 1.807) is 0 Å². The SMILES string of the molecule is CCc1nn(C)c(CC2CCCC2CN)c1Cl. The van der Waals surface area contributed by atoms with Gasteiger partial charge in [-0.05, 0) is 44.1 Å². The van der Waals surface area contributed by atoms with Crippen LogP contribution in [-0.2, 0) is 19.9 Å². The fraction of sp³-hybridized carbons (Fsp3) is 0.769. The van der Waals surface area contributed by atoms with Crippen LogP contribution in [0.3, 0.4) is 0 Å². The molecule has 1 aliphatic rings. The predicted octanol–water partition coefficient (Wildman–Crippen LogP) is 2.55. The summed E-state index contributed by atoms with van der Waals surface area (Å²) in [5.41, 5.74) is 8.04. The van der Waals surface area contributed by atoms with Crippen LogP contribution in [0.4, 0.5) is 0 Å². The number of aromatic nitrogens is 2. The maximum Gasteiger partial charge on any atom is 0.0849 e. The van der Waals surface area contributed by atoms with Crippen LogP contribution in [0.15, 0.2) is 0 Å². The number of nitrogens with two attached hydrogens (primary N) is 1. The third-order valence-corrected chi connectivity index (χ3v) is 4.51. The van der Waals surface area contributed by atoms with Crippen molar-refractivity contribution in [1.82, 2.24) is 9.78 Å². The molecular weight excluding hydrogens is 234 g/mol. The summed E-state index contributed by atoms with van der Waals surface area (Å²) in [5, 5.41) is 5.35. The molecule has 3 nitrogen and oxygen atoms in total. The lowest BCUT2D eigenvalue weighted by atomic mass is 9.91. The van der Waals surface area contributed by atoms with Crippen LogP contribution in [0.5, 0.6) is 0 Å². The molecular formula is C13H22ClN3. The van der Waals surface area contributed by atoms with Crippen molar-refractivity contribution < 1.29 is 0 Å². The number of rotatable bonds is 4. The van der Waals surface area contributed by atoms with Crippen LogP contribution < -0.4 is 5.73 Å². The molecule has 4 heteroatoms. The van der Waals surface area contributed by atoms with E-state index in [9.17, 15) is 0 Å². The summed E-state index contributed by atoms with van der Waals surface area (Å²) in [4.78, 5) is 0. The summed E-state index contributed by atoms with van der Waals surface area (Å²) in [6.45, 7) is 2.90. The average Bonchev–Trinajstić information content (AvgIpc) is 2.88. The summed E-state index contributed by atoms with van der Waals surface area (Å²) in [6, 6.07) is 0. The highest BCUT2D eigenvalue weighted by Crippen LogP contribution is 2.35. The molecule has 1 aliphatic carbocycles. The molecule has 0 amide bonds. The van der Waals surface area contributed by atoms with Crippen LogP contribution >= 0.6 is 11.6 Å². The Morgan fingerprint density at radius 3 is 2.71 bits per heavy atom. The molecule has 1 heterocycles. The van der Waals surface area contributed by atoms with E-state index in [1.165, 1.54) is 25.0 Å². The standard InChI is InChI=1S/C13H22ClN3/c1-3-11-13(14)12(17(2)16-11)7-9-5-4-6-10(9)8-15/h9-10H,3-8,15H2,1-2H3. The summed E-state index contributed by atoms with van der Waals surface area (Å²) >= 11 is 6.38. The van der Waals surface area contributed by atoms with Crippen LogP contribution in [0.2, 0.25) is 5.02 Å². The molecule has 0 bridgehead atoms. The number of hydrogen-bond acceptors (Lipinski definition) is 2. The van der Waals surface area contributed by atoms with Crippen LogP contribution in [0.25, 0.3) is 0 Å². The van der Waals surface area contributed by atoms with E-state index in [0.717, 1.165) is 30.1 Å². The minimum atomic E-state index is 0.672. The number of hydrogen-bond donors (Lipinski definition) is 1. The van der Waals surface area contributed by atoms with Gasteiger partial charge in [0.25, 0.3) is 0 Å². The molecule has 1 aromatic rings. The van der Waals surface area contributed by atoms with Crippen LogP contribution in [-0.4, -0.2) is 16.3 Å². The molecule has 1 aromatic heterocycles. The van der Waals surface area contributed by atoms with Crippen molar-refractivity contribution in [1.29, 1.82) is 0 Å². The Hall–Kier alpha value is -0.540. The van der Waals surface area contributed by atoms with Crippen molar-refractivity contribution in [2.24, 2.45) is 24.6 Å². The predicted molar refractivity (Wildman–Crippen MR) is 71.2 cm³/mol. The average molecular weight is 256 g/mol. The van der Waals surface area contributed by atoms with E-state index in [-0.39, 0.29) is 0 Å². The number of aryl methyl sites for hydroxylation is 2. The Balaban J connectivity index is 2.15. The zero-order valence-corrected chi connectivity index (χ0v) is 11.5. The second-order valence-corrected chi connectivity index (χ2v) is 5.45. The molecule has 2 unspecified atom stereocenters. The van der Waals surface area contributed by atoms with Crippen LogP contribution in [0, 0.1) is 11.8 Å². The lowest BCUT2D eigenvalue weighted by molar-refractivity contribution is 0.386. The first-order valence-electron chi connectivity index (χ1n) is 6.57. The van der Waals surface area contributed by atoms with E-state index in [1.807, 2.05) is 11.7 Å². The summed E-state index contributed by atoms with van der Waals surface area (Å²) in [6.07, 6.45) is 5.80. The van der Waals surface area contributed by atoms with Crippen molar-refractivity contribution in [3.8, 4) is 0 Å². The summed E-state index contributed by atoms with van der Waals surface area (Å²) in [5.74, 6) is 1.36. The van der Waals surface area contributed by atoms with Gasteiger partial charge in [-0.15, -0.1) is 0 Å². The third kappa shape index (κ3) is 2.50. The Bertz CT molecular complexity index is 386. The summed E-state index contributed by atoms with van der Waals surface area (Å²) in [7, 11) is 1.99. The zero-order chi connectivity index (χ0) is 12.4. The van der Waals surface area contributed by atoms with Gasteiger partial charge in [-0.2, -0.15) is 5.10 Å². The van der Waals surface area contributed by atoms with Crippen molar-refractivity contribution in [2.75, 3.05) is 6.54 Å². The smallest absolute Gasteiger partial charge is 0.0849 e. The van der Waals surface area contributed by atoms with Gasteiger partial charge >= 0.3 is 0 Å². The maximum atomic E-state index is 6.38. The molecule has 0 aromatic carbocycles. The van der Waals surface area contributed by atoms with Crippen molar-refractivity contribution in [2.45, 2.75) is 39.0 Å². The monoisotopic (exact) mass is 255 g/mol. The Morgan fingerprint density at radius 1 is 1.41 bits per heavy atom. The van der Waals surface area contributed by atoms with E-state index in [4.69, 9.17) is 17.3 Å². The quantitative estimate of drug-likeness (QED) is 0.899.